The third-order valence-electron chi connectivity index (χ3n) is 3.04. The molecule has 2 rings (SSSR count). The highest BCUT2D eigenvalue weighted by Gasteiger charge is 2.22. The number of nitrogens with one attached hydrogen (secondary N) is 1. The Labute approximate surface area is 113 Å². The summed E-state index contributed by atoms with van der Waals surface area (Å²) < 4.78 is 0. The maximum absolute atomic E-state index is 12.4. The standard InChI is InChI=1S/C15H18N2O2/c1-10(18)16-13-7-6-11-4-5-12(9-17(2)3)15(19)14(11)8-13/h6-9H,4-5H2,1-3H3,(H,16,18). The van der Waals surface area contributed by atoms with E-state index in [4.69, 9.17) is 0 Å². The van der Waals surface area contributed by atoms with Gasteiger partial charge in [0.05, 0.1) is 0 Å². The molecule has 1 aromatic rings. The van der Waals surface area contributed by atoms with E-state index in [0.29, 0.717) is 11.3 Å². The van der Waals surface area contributed by atoms with E-state index in [2.05, 4.69) is 5.32 Å². The number of anilines is 1. The van der Waals surface area contributed by atoms with Crippen molar-refractivity contribution in [2.75, 3.05) is 19.4 Å². The van der Waals surface area contributed by atoms with Crippen molar-refractivity contribution in [2.45, 2.75) is 19.8 Å². The van der Waals surface area contributed by atoms with Gasteiger partial charge in [0.15, 0.2) is 5.78 Å². The van der Waals surface area contributed by atoms with Crippen molar-refractivity contribution < 1.29 is 9.59 Å². The molecule has 4 heteroatoms. The third kappa shape index (κ3) is 3.02. The molecule has 0 saturated carbocycles. The van der Waals surface area contributed by atoms with Crippen LogP contribution in [0.15, 0.2) is 30.0 Å². The number of ketones is 1. The summed E-state index contributed by atoms with van der Waals surface area (Å²) in [6, 6.07) is 5.53. The van der Waals surface area contributed by atoms with Crippen LogP contribution in [-0.4, -0.2) is 30.7 Å². The smallest absolute Gasteiger partial charge is 0.221 e. The third-order valence-corrected chi connectivity index (χ3v) is 3.04. The van der Waals surface area contributed by atoms with Gasteiger partial charge in [-0.2, -0.15) is 0 Å². The van der Waals surface area contributed by atoms with E-state index in [1.54, 1.807) is 6.07 Å². The molecule has 19 heavy (non-hydrogen) atoms. The lowest BCUT2D eigenvalue weighted by atomic mass is 9.87. The first kappa shape index (κ1) is 13.3. The molecule has 0 aliphatic heterocycles. The van der Waals surface area contributed by atoms with Gasteiger partial charge in [-0.3, -0.25) is 9.59 Å². The second-order valence-corrected chi connectivity index (χ2v) is 5.00. The van der Waals surface area contributed by atoms with Crippen LogP contribution < -0.4 is 5.32 Å². The van der Waals surface area contributed by atoms with Crippen molar-refractivity contribution in [3.8, 4) is 0 Å². The predicted octanol–water partition coefficient (Wildman–Crippen LogP) is 2.22. The predicted molar refractivity (Wildman–Crippen MR) is 75.2 cm³/mol. The summed E-state index contributed by atoms with van der Waals surface area (Å²) in [5.74, 6) is -0.0746. The van der Waals surface area contributed by atoms with Gasteiger partial charge in [0.25, 0.3) is 0 Å². The van der Waals surface area contributed by atoms with Crippen LogP contribution in [0.4, 0.5) is 5.69 Å². The normalized spacial score (nSPS) is 16.2. The number of carbonyl (C=O) groups is 2. The molecule has 0 radical (unpaired) electrons. The molecule has 1 aliphatic rings. The SMILES string of the molecule is CC(=O)Nc1ccc2c(c1)C(=O)C(=CN(C)C)CC2. The van der Waals surface area contributed by atoms with E-state index >= 15 is 0 Å². The van der Waals surface area contributed by atoms with Gasteiger partial charge < -0.3 is 10.2 Å². The molecule has 1 aromatic carbocycles. The molecule has 1 amide bonds. The van der Waals surface area contributed by atoms with Crippen LogP contribution in [0.5, 0.6) is 0 Å². The molecule has 0 aromatic heterocycles. The lowest BCUT2D eigenvalue weighted by Crippen LogP contribution is -2.17. The second kappa shape index (κ2) is 5.26. The minimum atomic E-state index is -0.132. The lowest BCUT2D eigenvalue weighted by molar-refractivity contribution is -0.114. The molecular weight excluding hydrogens is 240 g/mol. The molecule has 0 atom stereocenters. The molecule has 0 heterocycles. The van der Waals surface area contributed by atoms with Crippen molar-refractivity contribution in [1.82, 2.24) is 4.90 Å². The number of Topliss-reactive ketones (excluding diaryl/α,β-unsaturated/α-hetero) is 1. The number of nitrogens with zero attached hydrogens (tertiary/aromatic N) is 1. The highest BCUT2D eigenvalue weighted by molar-refractivity contribution is 6.11. The van der Waals surface area contributed by atoms with Crippen LogP contribution >= 0.6 is 0 Å². The summed E-state index contributed by atoms with van der Waals surface area (Å²) in [5, 5.41) is 2.71. The second-order valence-electron chi connectivity index (χ2n) is 5.00. The molecule has 0 spiro atoms. The number of aryl methyl sites for hydroxylation is 1. The molecule has 100 valence electrons. The molecule has 0 bridgehead atoms. The van der Waals surface area contributed by atoms with Gasteiger partial charge in [0, 0.05) is 44.0 Å². The first-order valence-corrected chi connectivity index (χ1v) is 6.29. The van der Waals surface area contributed by atoms with Crippen LogP contribution in [0.1, 0.15) is 29.3 Å². The van der Waals surface area contributed by atoms with Crippen molar-refractivity contribution in [1.29, 1.82) is 0 Å². The molecular formula is C15H18N2O2. The van der Waals surface area contributed by atoms with E-state index in [-0.39, 0.29) is 11.7 Å². The Morgan fingerprint density at radius 1 is 1.32 bits per heavy atom. The number of amides is 1. The summed E-state index contributed by atoms with van der Waals surface area (Å²) in [7, 11) is 3.81. The fourth-order valence-corrected chi connectivity index (χ4v) is 2.28. The Balaban J connectivity index is 2.36. The summed E-state index contributed by atoms with van der Waals surface area (Å²) in [6.45, 7) is 1.46. The molecule has 0 unspecified atom stereocenters. The van der Waals surface area contributed by atoms with Crippen molar-refractivity contribution in [3.63, 3.8) is 0 Å². The minimum Gasteiger partial charge on any atom is -0.383 e. The Hall–Kier alpha value is -2.10. The zero-order chi connectivity index (χ0) is 14.0. The molecule has 0 saturated heterocycles. The van der Waals surface area contributed by atoms with E-state index < -0.39 is 0 Å². The summed E-state index contributed by atoms with van der Waals surface area (Å²) >= 11 is 0. The number of hydrogen-bond acceptors (Lipinski definition) is 3. The summed E-state index contributed by atoms with van der Waals surface area (Å²) in [5.41, 5.74) is 3.24. The Bertz CT molecular complexity index is 559. The lowest BCUT2D eigenvalue weighted by Gasteiger charge is -2.20. The molecule has 1 aliphatic carbocycles. The number of benzene rings is 1. The Morgan fingerprint density at radius 3 is 2.68 bits per heavy atom. The first-order chi connectivity index (χ1) is 8.97. The van der Waals surface area contributed by atoms with Gasteiger partial charge in [0.2, 0.25) is 5.91 Å². The fourth-order valence-electron chi connectivity index (χ4n) is 2.28. The van der Waals surface area contributed by atoms with E-state index in [1.807, 2.05) is 37.3 Å². The zero-order valence-corrected chi connectivity index (χ0v) is 11.5. The monoisotopic (exact) mass is 258 g/mol. The highest BCUT2D eigenvalue weighted by Crippen LogP contribution is 2.27. The number of allylic oxidation sites excluding steroid dienone is 1. The molecule has 1 N–H and O–H groups in total. The van der Waals surface area contributed by atoms with Crippen molar-refractivity contribution in [3.05, 3.63) is 41.1 Å². The van der Waals surface area contributed by atoms with Crippen LogP contribution in [0, 0.1) is 0 Å². The molecule has 4 nitrogen and oxygen atoms in total. The fraction of sp³-hybridized carbons (Fsp3) is 0.333. The largest absolute Gasteiger partial charge is 0.383 e. The average molecular weight is 258 g/mol. The maximum Gasteiger partial charge on any atom is 0.221 e. The topological polar surface area (TPSA) is 49.4 Å². The number of hydrogen-bond donors (Lipinski definition) is 1. The number of fused-ring (bicyclic) bond motifs is 1. The van der Waals surface area contributed by atoms with Crippen molar-refractivity contribution >= 4 is 17.4 Å². The van der Waals surface area contributed by atoms with Gasteiger partial charge in [-0.25, -0.2) is 0 Å². The summed E-state index contributed by atoms with van der Waals surface area (Å²) in [4.78, 5) is 25.3. The van der Waals surface area contributed by atoms with Crippen LogP contribution in [0.3, 0.4) is 0 Å². The van der Waals surface area contributed by atoms with E-state index in [0.717, 1.165) is 24.0 Å². The Kier molecular flexibility index (Phi) is 3.69. The van der Waals surface area contributed by atoms with Gasteiger partial charge in [0.1, 0.15) is 0 Å². The van der Waals surface area contributed by atoms with Crippen molar-refractivity contribution in [2.24, 2.45) is 0 Å². The van der Waals surface area contributed by atoms with E-state index in [1.165, 1.54) is 6.92 Å². The minimum absolute atomic E-state index is 0.0575. The van der Waals surface area contributed by atoms with Gasteiger partial charge >= 0.3 is 0 Å². The Morgan fingerprint density at radius 2 is 2.05 bits per heavy atom. The van der Waals surface area contributed by atoms with Crippen LogP contribution in [0.25, 0.3) is 0 Å². The van der Waals surface area contributed by atoms with Gasteiger partial charge in [-0.1, -0.05) is 6.07 Å². The van der Waals surface area contributed by atoms with E-state index in [9.17, 15) is 9.59 Å². The number of carbonyl (C=O) groups excluding carboxylic acids is 2. The zero-order valence-electron chi connectivity index (χ0n) is 11.5. The maximum atomic E-state index is 12.4. The first-order valence-electron chi connectivity index (χ1n) is 6.29. The molecule has 0 fully saturated rings. The average Bonchev–Trinajstić information content (AvgIpc) is 2.32. The highest BCUT2D eigenvalue weighted by atomic mass is 16.1. The van der Waals surface area contributed by atoms with Gasteiger partial charge in [-0.15, -0.1) is 0 Å². The van der Waals surface area contributed by atoms with Gasteiger partial charge in [-0.05, 0) is 30.5 Å². The summed E-state index contributed by atoms with van der Waals surface area (Å²) in [6.07, 6.45) is 3.50. The quantitative estimate of drug-likeness (QED) is 0.827. The number of rotatable bonds is 2. The van der Waals surface area contributed by atoms with Crippen LogP contribution in [-0.2, 0) is 11.2 Å². The van der Waals surface area contributed by atoms with Crippen LogP contribution in [0.2, 0.25) is 0 Å².